The van der Waals surface area contributed by atoms with Gasteiger partial charge in [-0.05, 0) is 24.7 Å². The van der Waals surface area contributed by atoms with Crippen LogP contribution in [0.5, 0.6) is 0 Å². The Morgan fingerprint density at radius 2 is 1.87 bits per heavy atom. The summed E-state index contributed by atoms with van der Waals surface area (Å²) in [6.07, 6.45) is 6.33. The molecule has 0 N–H and O–H groups in total. The molecular formula is C11H22O3S. The van der Waals surface area contributed by atoms with Gasteiger partial charge in [0, 0.05) is 0 Å². The summed E-state index contributed by atoms with van der Waals surface area (Å²) in [7, 11) is 0. The highest BCUT2D eigenvalue weighted by Gasteiger charge is 2.15. The van der Waals surface area contributed by atoms with E-state index in [1.807, 2.05) is 13.8 Å². The molecule has 1 rings (SSSR count). The van der Waals surface area contributed by atoms with Gasteiger partial charge < -0.3 is 0 Å². The van der Waals surface area contributed by atoms with E-state index in [4.69, 9.17) is 8.37 Å². The molecule has 0 aromatic heterocycles. The molecule has 4 heteroatoms. The average molecular weight is 234 g/mol. The molecule has 15 heavy (non-hydrogen) atoms. The third-order valence-electron chi connectivity index (χ3n) is 2.62. The van der Waals surface area contributed by atoms with Gasteiger partial charge in [0.15, 0.2) is 0 Å². The smallest absolute Gasteiger partial charge is 0.268 e. The summed E-state index contributed by atoms with van der Waals surface area (Å²) in [6.45, 7) is 5.14. The zero-order valence-corrected chi connectivity index (χ0v) is 10.6. The molecule has 1 unspecified atom stereocenters. The van der Waals surface area contributed by atoms with E-state index >= 15 is 0 Å². The summed E-state index contributed by atoms with van der Waals surface area (Å²) in [5.41, 5.74) is 0. The lowest BCUT2D eigenvalue weighted by molar-refractivity contribution is 0.183. The predicted molar refractivity (Wildman–Crippen MR) is 61.5 cm³/mol. The van der Waals surface area contributed by atoms with Crippen LogP contribution in [0.4, 0.5) is 0 Å². The molecule has 0 amide bonds. The molecule has 1 fully saturated rings. The highest BCUT2D eigenvalue weighted by Crippen LogP contribution is 2.23. The first kappa shape index (κ1) is 13.1. The second kappa shape index (κ2) is 7.36. The monoisotopic (exact) mass is 234 g/mol. The van der Waals surface area contributed by atoms with Crippen LogP contribution in [-0.4, -0.2) is 17.4 Å². The summed E-state index contributed by atoms with van der Waals surface area (Å²) in [5, 5.41) is 0. The third kappa shape index (κ3) is 6.28. The van der Waals surface area contributed by atoms with E-state index in [0.29, 0.717) is 25.0 Å². The van der Waals surface area contributed by atoms with Crippen molar-refractivity contribution in [2.24, 2.45) is 11.8 Å². The zero-order valence-electron chi connectivity index (χ0n) is 9.74. The lowest BCUT2D eigenvalue weighted by Crippen LogP contribution is -2.16. The lowest BCUT2D eigenvalue weighted by Gasteiger charge is -2.20. The molecular weight excluding hydrogens is 212 g/mol. The number of hydrogen-bond donors (Lipinski definition) is 0. The average Bonchev–Trinajstić information content (AvgIpc) is 2.25. The first-order valence-corrected chi connectivity index (χ1v) is 6.87. The largest absolute Gasteiger partial charge is 0.304 e. The van der Waals surface area contributed by atoms with Crippen molar-refractivity contribution in [3.05, 3.63) is 0 Å². The second-order valence-corrected chi connectivity index (χ2v) is 5.55. The predicted octanol–water partition coefficient (Wildman–Crippen LogP) is 2.83. The molecule has 0 bridgehead atoms. The van der Waals surface area contributed by atoms with Crippen LogP contribution in [0.2, 0.25) is 0 Å². The fourth-order valence-corrected chi connectivity index (χ4v) is 2.49. The van der Waals surface area contributed by atoms with Crippen LogP contribution in [0.1, 0.15) is 46.0 Å². The molecule has 1 aliphatic carbocycles. The van der Waals surface area contributed by atoms with E-state index in [1.54, 1.807) is 0 Å². The molecule has 0 aliphatic heterocycles. The molecule has 1 aliphatic rings. The Morgan fingerprint density at radius 1 is 1.20 bits per heavy atom. The maximum absolute atomic E-state index is 11.3. The summed E-state index contributed by atoms with van der Waals surface area (Å²) in [6, 6.07) is 0. The molecule has 0 aromatic rings. The molecule has 0 saturated heterocycles. The van der Waals surface area contributed by atoms with Gasteiger partial charge in [-0.15, -0.1) is 0 Å². The van der Waals surface area contributed by atoms with E-state index in [2.05, 4.69) is 0 Å². The fraction of sp³-hybridized carbons (Fsp3) is 1.00. The summed E-state index contributed by atoms with van der Waals surface area (Å²) in [5.74, 6) is 0.984. The van der Waals surface area contributed by atoms with Crippen molar-refractivity contribution in [3.8, 4) is 0 Å². The van der Waals surface area contributed by atoms with Crippen LogP contribution in [0.3, 0.4) is 0 Å². The van der Waals surface area contributed by atoms with Crippen LogP contribution >= 0.6 is 0 Å². The van der Waals surface area contributed by atoms with Gasteiger partial charge in [-0.2, -0.15) is 4.21 Å². The van der Waals surface area contributed by atoms with Gasteiger partial charge in [0.25, 0.3) is 0 Å². The van der Waals surface area contributed by atoms with Crippen LogP contribution in [0.25, 0.3) is 0 Å². The van der Waals surface area contributed by atoms with Crippen molar-refractivity contribution < 1.29 is 12.6 Å². The molecule has 1 saturated carbocycles. The minimum absolute atomic E-state index is 0.396. The molecule has 0 aromatic carbocycles. The Bertz CT molecular complexity index is 188. The molecule has 0 heterocycles. The topological polar surface area (TPSA) is 35.5 Å². The SMILES string of the molecule is CC(C)COS(=O)OCC1CCCCC1. The first-order valence-electron chi connectivity index (χ1n) is 5.87. The Hall–Kier alpha value is 0.0700. The Morgan fingerprint density at radius 3 is 2.47 bits per heavy atom. The maximum atomic E-state index is 11.3. The van der Waals surface area contributed by atoms with Crippen molar-refractivity contribution in [2.45, 2.75) is 46.0 Å². The normalized spacial score (nSPS) is 20.7. The standard InChI is InChI=1S/C11H22O3S/c1-10(2)8-13-15(12)14-9-11-6-4-3-5-7-11/h10-11H,3-9H2,1-2H3. The van der Waals surface area contributed by atoms with Crippen molar-refractivity contribution in [3.63, 3.8) is 0 Å². The highest BCUT2D eigenvalue weighted by atomic mass is 32.2. The fourth-order valence-electron chi connectivity index (χ4n) is 1.73. The quantitative estimate of drug-likeness (QED) is 0.709. The van der Waals surface area contributed by atoms with Gasteiger partial charge in [0.2, 0.25) is 0 Å². The Labute approximate surface area is 95.4 Å². The first-order chi connectivity index (χ1) is 7.18. The molecule has 3 nitrogen and oxygen atoms in total. The zero-order chi connectivity index (χ0) is 11.1. The van der Waals surface area contributed by atoms with Crippen LogP contribution < -0.4 is 0 Å². The van der Waals surface area contributed by atoms with Crippen LogP contribution in [0.15, 0.2) is 0 Å². The van der Waals surface area contributed by atoms with E-state index < -0.39 is 11.4 Å². The molecule has 0 radical (unpaired) electrons. The Kier molecular flexibility index (Phi) is 6.45. The highest BCUT2D eigenvalue weighted by molar-refractivity contribution is 7.75. The van der Waals surface area contributed by atoms with Gasteiger partial charge in [-0.25, -0.2) is 0 Å². The third-order valence-corrected chi connectivity index (χ3v) is 3.28. The maximum Gasteiger partial charge on any atom is 0.304 e. The van der Waals surface area contributed by atoms with E-state index in [1.165, 1.54) is 32.1 Å². The minimum Gasteiger partial charge on any atom is -0.268 e. The lowest BCUT2D eigenvalue weighted by atomic mass is 9.90. The molecule has 1 atom stereocenters. The van der Waals surface area contributed by atoms with Crippen molar-refractivity contribution >= 4 is 11.4 Å². The van der Waals surface area contributed by atoms with Gasteiger partial charge in [-0.1, -0.05) is 33.1 Å². The summed E-state index contributed by atoms with van der Waals surface area (Å²) >= 11 is -1.54. The van der Waals surface area contributed by atoms with Crippen LogP contribution in [0, 0.1) is 11.8 Å². The van der Waals surface area contributed by atoms with Crippen LogP contribution in [-0.2, 0) is 19.7 Å². The molecule has 0 spiro atoms. The Balaban J connectivity index is 2.05. The van der Waals surface area contributed by atoms with E-state index in [-0.39, 0.29) is 0 Å². The number of hydrogen-bond acceptors (Lipinski definition) is 3. The van der Waals surface area contributed by atoms with Gasteiger partial charge >= 0.3 is 11.4 Å². The van der Waals surface area contributed by atoms with Gasteiger partial charge in [0.05, 0.1) is 13.2 Å². The summed E-state index contributed by atoms with van der Waals surface area (Å²) < 4.78 is 21.5. The van der Waals surface area contributed by atoms with E-state index in [0.717, 1.165) is 0 Å². The second-order valence-electron chi connectivity index (χ2n) is 4.67. The molecule has 90 valence electrons. The van der Waals surface area contributed by atoms with Crippen molar-refractivity contribution in [2.75, 3.05) is 13.2 Å². The van der Waals surface area contributed by atoms with Gasteiger partial charge in [-0.3, -0.25) is 8.37 Å². The van der Waals surface area contributed by atoms with Gasteiger partial charge in [0.1, 0.15) is 0 Å². The van der Waals surface area contributed by atoms with E-state index in [9.17, 15) is 4.21 Å². The number of rotatable bonds is 6. The summed E-state index contributed by atoms with van der Waals surface area (Å²) in [4.78, 5) is 0. The van der Waals surface area contributed by atoms with Crippen molar-refractivity contribution in [1.82, 2.24) is 0 Å². The van der Waals surface area contributed by atoms with Crippen molar-refractivity contribution in [1.29, 1.82) is 0 Å². The minimum atomic E-state index is -1.54.